The van der Waals surface area contributed by atoms with E-state index in [0.29, 0.717) is 17.0 Å². The Balaban J connectivity index is 2.09. The van der Waals surface area contributed by atoms with E-state index in [1.807, 2.05) is 30.3 Å². The molecule has 0 spiro atoms. The Bertz CT molecular complexity index is 935. The van der Waals surface area contributed by atoms with E-state index >= 15 is 0 Å². The summed E-state index contributed by atoms with van der Waals surface area (Å²) in [6, 6.07) is 14.0. The van der Waals surface area contributed by atoms with Crippen LogP contribution in [0.25, 0.3) is 0 Å². The number of allylic oxidation sites excluding steroid dienone is 1. The fraction of sp³-hybridized carbons (Fsp3) is 0.190. The molecule has 1 aliphatic rings. The molecule has 0 unspecified atom stereocenters. The van der Waals surface area contributed by atoms with Crippen molar-refractivity contribution in [3.63, 3.8) is 0 Å². The first kappa shape index (κ1) is 19.2. The highest BCUT2D eigenvalue weighted by Crippen LogP contribution is 2.34. The van der Waals surface area contributed by atoms with Gasteiger partial charge >= 0.3 is 18.0 Å². The van der Waals surface area contributed by atoms with Crippen LogP contribution < -0.4 is 10.2 Å². The second-order valence-electron chi connectivity index (χ2n) is 6.20. The van der Waals surface area contributed by atoms with Crippen LogP contribution in [0.4, 0.5) is 10.5 Å². The van der Waals surface area contributed by atoms with Crippen molar-refractivity contribution in [2.45, 2.75) is 19.9 Å². The topological polar surface area (TPSA) is 95.9 Å². The number of nitrogens with zero attached hydrogens (tertiary/aromatic N) is 1. The van der Waals surface area contributed by atoms with Crippen LogP contribution in [0, 0.1) is 0 Å². The lowest BCUT2D eigenvalue weighted by molar-refractivity contribution is -0.139. The van der Waals surface area contributed by atoms with E-state index < -0.39 is 24.0 Å². The van der Waals surface area contributed by atoms with Crippen molar-refractivity contribution in [2.24, 2.45) is 0 Å². The molecule has 2 aromatic rings. The number of nitrogens with one attached hydrogen (secondary N) is 1. The number of amides is 2. The zero-order valence-corrected chi connectivity index (χ0v) is 15.5. The molecular weight excluding hydrogens is 360 g/mol. The van der Waals surface area contributed by atoms with E-state index in [-0.39, 0.29) is 12.2 Å². The zero-order chi connectivity index (χ0) is 20.3. The number of carbonyl (C=O) groups is 3. The SMILES string of the molecule is CCOC(=O)C1=C(C)N(c2ccc(C(=O)O)cc2)C(=O)N[C@@H]1c1ccccc1. The highest BCUT2D eigenvalue weighted by Gasteiger charge is 2.37. The minimum absolute atomic E-state index is 0.107. The first-order valence-electron chi connectivity index (χ1n) is 8.80. The molecule has 2 N–H and O–H groups in total. The largest absolute Gasteiger partial charge is 0.478 e. The third-order valence-electron chi connectivity index (χ3n) is 4.49. The fourth-order valence-corrected chi connectivity index (χ4v) is 3.18. The van der Waals surface area contributed by atoms with Crippen molar-refractivity contribution in [1.82, 2.24) is 5.32 Å². The molecule has 3 rings (SSSR count). The van der Waals surface area contributed by atoms with E-state index in [2.05, 4.69) is 5.32 Å². The summed E-state index contributed by atoms with van der Waals surface area (Å²) >= 11 is 0. The molecule has 7 heteroatoms. The maximum absolute atomic E-state index is 12.8. The predicted molar refractivity (Wildman–Crippen MR) is 103 cm³/mol. The minimum Gasteiger partial charge on any atom is -0.478 e. The van der Waals surface area contributed by atoms with Crippen LogP contribution in [0.2, 0.25) is 0 Å². The van der Waals surface area contributed by atoms with Gasteiger partial charge < -0.3 is 15.2 Å². The van der Waals surface area contributed by atoms with Crippen LogP contribution in [-0.2, 0) is 9.53 Å². The first-order valence-corrected chi connectivity index (χ1v) is 8.80. The van der Waals surface area contributed by atoms with Crippen LogP contribution >= 0.6 is 0 Å². The van der Waals surface area contributed by atoms with Gasteiger partial charge in [0.2, 0.25) is 0 Å². The Kier molecular flexibility index (Phi) is 5.44. The van der Waals surface area contributed by atoms with Crippen LogP contribution in [0.5, 0.6) is 0 Å². The molecule has 1 heterocycles. The van der Waals surface area contributed by atoms with Crippen LogP contribution in [0.15, 0.2) is 65.9 Å². The van der Waals surface area contributed by atoms with E-state index in [9.17, 15) is 14.4 Å². The molecule has 0 radical (unpaired) electrons. The van der Waals surface area contributed by atoms with Crippen molar-refractivity contribution >= 4 is 23.7 Å². The summed E-state index contributed by atoms with van der Waals surface area (Å²) in [5.41, 5.74) is 2.08. The monoisotopic (exact) mass is 380 g/mol. The van der Waals surface area contributed by atoms with Crippen LogP contribution in [-0.4, -0.2) is 29.7 Å². The Morgan fingerprint density at radius 1 is 1.11 bits per heavy atom. The maximum Gasteiger partial charge on any atom is 0.338 e. The first-order chi connectivity index (χ1) is 13.4. The molecule has 28 heavy (non-hydrogen) atoms. The van der Waals surface area contributed by atoms with Gasteiger partial charge in [-0.25, -0.2) is 14.4 Å². The Hall–Kier alpha value is -3.61. The maximum atomic E-state index is 12.8. The van der Waals surface area contributed by atoms with Gasteiger partial charge in [-0.1, -0.05) is 30.3 Å². The number of hydrogen-bond donors (Lipinski definition) is 2. The number of aromatic carboxylic acids is 1. The second-order valence-corrected chi connectivity index (χ2v) is 6.20. The Morgan fingerprint density at radius 2 is 1.75 bits per heavy atom. The third-order valence-corrected chi connectivity index (χ3v) is 4.49. The molecule has 0 fully saturated rings. The average Bonchev–Trinajstić information content (AvgIpc) is 2.68. The molecule has 0 saturated heterocycles. The van der Waals surface area contributed by atoms with Gasteiger partial charge in [0.25, 0.3) is 0 Å². The molecule has 1 aliphatic heterocycles. The van der Waals surface area contributed by atoms with E-state index in [0.717, 1.165) is 5.56 Å². The molecule has 0 saturated carbocycles. The summed E-state index contributed by atoms with van der Waals surface area (Å²) in [4.78, 5) is 37.9. The number of rotatable bonds is 5. The predicted octanol–water partition coefficient (Wildman–Crippen LogP) is 3.49. The Labute approximate surface area is 162 Å². The quantitative estimate of drug-likeness (QED) is 0.774. The van der Waals surface area contributed by atoms with Crippen molar-refractivity contribution in [3.8, 4) is 0 Å². The van der Waals surface area contributed by atoms with Gasteiger partial charge in [0.1, 0.15) is 0 Å². The van der Waals surface area contributed by atoms with Gasteiger partial charge in [-0.05, 0) is 43.7 Å². The highest BCUT2D eigenvalue weighted by atomic mass is 16.5. The van der Waals surface area contributed by atoms with Crippen molar-refractivity contribution in [2.75, 3.05) is 11.5 Å². The molecule has 0 aromatic heterocycles. The number of anilines is 1. The summed E-state index contributed by atoms with van der Waals surface area (Å²) in [7, 11) is 0. The summed E-state index contributed by atoms with van der Waals surface area (Å²) in [5.74, 6) is -1.57. The fourth-order valence-electron chi connectivity index (χ4n) is 3.18. The number of esters is 1. The molecule has 2 aromatic carbocycles. The number of carboxylic acids is 1. The second kappa shape index (κ2) is 7.96. The number of hydrogen-bond acceptors (Lipinski definition) is 4. The summed E-state index contributed by atoms with van der Waals surface area (Å²) in [6.45, 7) is 3.60. The Morgan fingerprint density at radius 3 is 2.32 bits per heavy atom. The molecule has 144 valence electrons. The molecular formula is C21H20N2O5. The number of benzene rings is 2. The van der Waals surface area contributed by atoms with E-state index in [4.69, 9.17) is 9.84 Å². The van der Waals surface area contributed by atoms with E-state index in [1.54, 1.807) is 13.8 Å². The lowest BCUT2D eigenvalue weighted by atomic mass is 9.94. The van der Waals surface area contributed by atoms with Crippen LogP contribution in [0.1, 0.15) is 35.8 Å². The summed E-state index contributed by atoms with van der Waals surface area (Å²) in [5, 5.41) is 11.9. The third kappa shape index (κ3) is 3.59. The van der Waals surface area contributed by atoms with Gasteiger partial charge in [0.15, 0.2) is 0 Å². The minimum atomic E-state index is -1.06. The van der Waals surface area contributed by atoms with Crippen molar-refractivity contribution in [1.29, 1.82) is 0 Å². The lowest BCUT2D eigenvalue weighted by Gasteiger charge is -2.35. The molecule has 7 nitrogen and oxygen atoms in total. The highest BCUT2D eigenvalue weighted by molar-refractivity contribution is 6.03. The molecule has 0 aliphatic carbocycles. The van der Waals surface area contributed by atoms with Gasteiger partial charge in [0.05, 0.1) is 29.5 Å². The van der Waals surface area contributed by atoms with Gasteiger partial charge in [-0.2, -0.15) is 0 Å². The van der Waals surface area contributed by atoms with E-state index in [1.165, 1.54) is 29.2 Å². The molecule has 1 atom stereocenters. The smallest absolute Gasteiger partial charge is 0.338 e. The number of ether oxygens (including phenoxy) is 1. The van der Waals surface area contributed by atoms with Crippen molar-refractivity contribution < 1.29 is 24.2 Å². The number of carboxylic acid groups (broad SMARTS) is 1. The summed E-state index contributed by atoms with van der Waals surface area (Å²) < 4.78 is 5.22. The van der Waals surface area contributed by atoms with Crippen molar-refractivity contribution in [3.05, 3.63) is 77.0 Å². The number of carbonyl (C=O) groups excluding carboxylic acids is 2. The van der Waals surface area contributed by atoms with Gasteiger partial charge in [0, 0.05) is 5.70 Å². The van der Waals surface area contributed by atoms with Gasteiger partial charge in [-0.15, -0.1) is 0 Å². The standard InChI is InChI=1S/C21H20N2O5/c1-3-28-20(26)17-13(2)23(16-11-9-15(10-12-16)19(24)25)21(27)22-18(17)14-7-5-4-6-8-14/h4-12,18H,3H2,1-2H3,(H,22,27)(H,24,25)/t18-/m1/s1. The molecule has 0 bridgehead atoms. The zero-order valence-electron chi connectivity index (χ0n) is 15.5. The lowest BCUT2D eigenvalue weighted by Crippen LogP contribution is -2.48. The number of urea groups is 1. The summed E-state index contributed by atoms with van der Waals surface area (Å²) in [6.07, 6.45) is 0. The normalized spacial score (nSPS) is 16.6. The van der Waals surface area contributed by atoms with Gasteiger partial charge in [-0.3, -0.25) is 4.90 Å². The average molecular weight is 380 g/mol. The molecule has 2 amide bonds. The van der Waals surface area contributed by atoms with Crippen LogP contribution in [0.3, 0.4) is 0 Å².